The van der Waals surface area contributed by atoms with Gasteiger partial charge in [0, 0.05) is 36.5 Å². The second-order valence-electron chi connectivity index (χ2n) is 12.1. The number of fused-ring (bicyclic) bond motifs is 1. The van der Waals surface area contributed by atoms with Gasteiger partial charge in [0.25, 0.3) is 0 Å². The molecule has 0 saturated heterocycles. The van der Waals surface area contributed by atoms with E-state index in [2.05, 4.69) is 48.8 Å². The molecule has 0 fully saturated rings. The number of alkyl carbamates (subject to hydrolysis) is 1. The van der Waals surface area contributed by atoms with Crippen LogP contribution in [0.2, 0.25) is 0 Å². The van der Waals surface area contributed by atoms with Crippen molar-refractivity contribution in [3.63, 3.8) is 0 Å². The normalized spacial score (nSPS) is 11.5. The van der Waals surface area contributed by atoms with Gasteiger partial charge in [0.15, 0.2) is 17.3 Å². The summed E-state index contributed by atoms with van der Waals surface area (Å²) in [6.45, 7) is 7.16. The number of aryl methyl sites for hydroxylation is 1. The molecule has 0 unspecified atom stereocenters. The highest BCUT2D eigenvalue weighted by Crippen LogP contribution is 2.41. The number of furan rings is 1. The van der Waals surface area contributed by atoms with Crippen molar-refractivity contribution >= 4 is 50.7 Å². The van der Waals surface area contributed by atoms with Gasteiger partial charge in [-0.25, -0.2) is 19.7 Å². The third-order valence-electron chi connectivity index (χ3n) is 7.44. The first-order valence-corrected chi connectivity index (χ1v) is 16.2. The lowest BCUT2D eigenvalue weighted by molar-refractivity contribution is -0.117. The Morgan fingerprint density at radius 1 is 1.12 bits per heavy atom. The van der Waals surface area contributed by atoms with Crippen molar-refractivity contribution in [3.8, 4) is 22.7 Å². The Kier molecular flexibility index (Phi) is 10.3. The summed E-state index contributed by atoms with van der Waals surface area (Å²) in [4.78, 5) is 44.7. The summed E-state index contributed by atoms with van der Waals surface area (Å²) >= 11 is 3.75. The van der Waals surface area contributed by atoms with E-state index in [4.69, 9.17) is 18.9 Å². The molecule has 0 aliphatic carbocycles. The van der Waals surface area contributed by atoms with Gasteiger partial charge in [-0.2, -0.15) is 0 Å². The van der Waals surface area contributed by atoms with Crippen LogP contribution >= 0.6 is 15.9 Å². The van der Waals surface area contributed by atoms with Gasteiger partial charge in [0.05, 0.1) is 11.6 Å². The molecule has 2 amide bonds. The number of esters is 1. The van der Waals surface area contributed by atoms with E-state index in [0.717, 1.165) is 39.4 Å². The molecular weight excluding hydrogens is 684 g/mol. The van der Waals surface area contributed by atoms with E-state index in [1.807, 2.05) is 42.5 Å². The number of amides is 2. The molecule has 2 N–H and O–H groups in total. The molecule has 0 aliphatic rings. The highest BCUT2D eigenvalue weighted by molar-refractivity contribution is 9.10. The Labute approximate surface area is 285 Å². The molecular formula is C33H37BrN8O6. The zero-order chi connectivity index (χ0) is 34.6. The molecule has 252 valence electrons. The van der Waals surface area contributed by atoms with E-state index in [-0.39, 0.29) is 24.6 Å². The smallest absolute Gasteiger partial charge is 0.408 e. The van der Waals surface area contributed by atoms with Crippen LogP contribution in [0.25, 0.3) is 33.7 Å². The van der Waals surface area contributed by atoms with Crippen LogP contribution in [0.1, 0.15) is 62.4 Å². The first-order chi connectivity index (χ1) is 22.9. The van der Waals surface area contributed by atoms with E-state index in [0.29, 0.717) is 29.4 Å². The molecule has 0 radical (unpaired) electrons. The zero-order valence-electron chi connectivity index (χ0n) is 27.6. The number of carbonyl (C=O) groups is 3. The van der Waals surface area contributed by atoms with Crippen molar-refractivity contribution in [2.75, 3.05) is 25.6 Å². The third-order valence-corrected chi connectivity index (χ3v) is 8.23. The molecule has 0 bridgehead atoms. The molecule has 5 aromatic rings. The van der Waals surface area contributed by atoms with Crippen molar-refractivity contribution in [3.05, 3.63) is 64.0 Å². The Morgan fingerprint density at radius 3 is 2.54 bits per heavy atom. The molecule has 15 heteroatoms. The Bertz CT molecular complexity index is 1940. The SMILES string of the molecule is CCCCc1nc(N(C)C(=O)CNC(=O)OC(C)(C)C)c(C(=O)OC)n1Cc1ccc2oc(-c3ccccc3-c3nnn[nH]3)c(Br)c2c1. The minimum Gasteiger partial charge on any atom is -0.464 e. The van der Waals surface area contributed by atoms with Gasteiger partial charge in [-0.05, 0) is 71.2 Å². The maximum Gasteiger partial charge on any atom is 0.408 e. The van der Waals surface area contributed by atoms with Gasteiger partial charge in [0.2, 0.25) is 5.91 Å². The number of tetrazole rings is 1. The molecule has 14 nitrogen and oxygen atoms in total. The molecule has 0 atom stereocenters. The number of unbranched alkanes of at least 4 members (excludes halogenated alkanes) is 1. The Hall–Kier alpha value is -5.05. The maximum atomic E-state index is 13.3. The summed E-state index contributed by atoms with van der Waals surface area (Å²) in [5.41, 5.74) is 2.48. The van der Waals surface area contributed by atoms with Crippen LogP contribution in [0.5, 0.6) is 0 Å². The number of aromatic amines is 1. The van der Waals surface area contributed by atoms with Crippen molar-refractivity contribution < 1.29 is 28.3 Å². The molecule has 5 rings (SSSR count). The van der Waals surface area contributed by atoms with Gasteiger partial charge >= 0.3 is 12.1 Å². The molecule has 3 heterocycles. The number of hydrogen-bond acceptors (Lipinski definition) is 10. The maximum absolute atomic E-state index is 13.3. The van der Waals surface area contributed by atoms with Crippen molar-refractivity contribution in [1.82, 2.24) is 35.5 Å². The van der Waals surface area contributed by atoms with Gasteiger partial charge in [-0.15, -0.1) is 5.10 Å². The molecule has 2 aromatic carbocycles. The number of imidazole rings is 1. The van der Waals surface area contributed by atoms with E-state index in [1.54, 1.807) is 25.3 Å². The summed E-state index contributed by atoms with van der Waals surface area (Å²) in [5.74, 6) is 0.734. The number of rotatable bonds is 11. The van der Waals surface area contributed by atoms with Gasteiger partial charge < -0.3 is 23.8 Å². The van der Waals surface area contributed by atoms with Crippen molar-refractivity contribution in [2.45, 2.75) is 59.1 Å². The van der Waals surface area contributed by atoms with Crippen molar-refractivity contribution in [2.24, 2.45) is 0 Å². The summed E-state index contributed by atoms with van der Waals surface area (Å²) in [6, 6.07) is 13.4. The Morgan fingerprint density at radius 2 is 1.88 bits per heavy atom. The summed E-state index contributed by atoms with van der Waals surface area (Å²) in [6.07, 6.45) is 1.54. The fraction of sp³-hybridized carbons (Fsp3) is 0.364. The average molecular weight is 722 g/mol. The van der Waals surface area contributed by atoms with Crippen molar-refractivity contribution in [1.29, 1.82) is 0 Å². The fourth-order valence-corrected chi connectivity index (χ4v) is 5.75. The van der Waals surface area contributed by atoms with Gasteiger partial charge in [-0.1, -0.05) is 43.7 Å². The van der Waals surface area contributed by atoms with E-state index in [1.165, 1.54) is 19.1 Å². The van der Waals surface area contributed by atoms with Gasteiger partial charge in [-0.3, -0.25) is 9.69 Å². The minimum atomic E-state index is -0.728. The highest BCUT2D eigenvalue weighted by atomic mass is 79.9. The predicted octanol–water partition coefficient (Wildman–Crippen LogP) is 5.90. The minimum absolute atomic E-state index is 0.123. The van der Waals surface area contributed by atoms with Crippen LogP contribution in [0, 0.1) is 0 Å². The average Bonchev–Trinajstić information content (AvgIpc) is 3.80. The van der Waals surface area contributed by atoms with E-state index >= 15 is 0 Å². The van der Waals surface area contributed by atoms with Crippen LogP contribution in [0.4, 0.5) is 10.6 Å². The van der Waals surface area contributed by atoms with Crippen LogP contribution in [-0.4, -0.2) is 74.4 Å². The number of nitrogens with one attached hydrogen (secondary N) is 2. The number of halogens is 1. The number of carbonyl (C=O) groups excluding carboxylic acids is 3. The summed E-state index contributed by atoms with van der Waals surface area (Å²) < 4.78 is 19.2. The monoisotopic (exact) mass is 720 g/mol. The predicted molar refractivity (Wildman–Crippen MR) is 181 cm³/mol. The quantitative estimate of drug-likeness (QED) is 0.157. The summed E-state index contributed by atoms with van der Waals surface area (Å²) in [7, 11) is 2.79. The largest absolute Gasteiger partial charge is 0.464 e. The lowest BCUT2D eigenvalue weighted by atomic mass is 10.0. The second kappa shape index (κ2) is 14.4. The van der Waals surface area contributed by atoms with Crippen LogP contribution < -0.4 is 10.2 Å². The lowest BCUT2D eigenvalue weighted by Gasteiger charge is -2.21. The number of likely N-dealkylation sites (N-methyl/N-ethyl adjacent to an activating group) is 1. The first kappa shape index (κ1) is 34.3. The van der Waals surface area contributed by atoms with E-state index < -0.39 is 23.6 Å². The highest BCUT2D eigenvalue weighted by Gasteiger charge is 2.29. The molecule has 3 aromatic heterocycles. The fourth-order valence-electron chi connectivity index (χ4n) is 5.14. The number of anilines is 1. The molecule has 0 aliphatic heterocycles. The van der Waals surface area contributed by atoms with Crippen LogP contribution in [0.15, 0.2) is 51.4 Å². The third kappa shape index (κ3) is 7.40. The second-order valence-corrected chi connectivity index (χ2v) is 12.9. The summed E-state index contributed by atoms with van der Waals surface area (Å²) in [5, 5.41) is 17.6. The van der Waals surface area contributed by atoms with Crippen LogP contribution in [0.3, 0.4) is 0 Å². The number of hydrogen-bond donors (Lipinski definition) is 2. The number of H-pyrrole nitrogens is 1. The standard InChI is InChI=1S/C33H37BrN8O6/c1-7-8-13-24-36-30(41(5)25(43)17-35-32(45)48-33(2,3)4)27(31(44)46-6)42(24)18-19-14-15-23-22(16-19)26(34)28(47-23)20-11-9-10-12-21(20)29-37-39-40-38-29/h9-12,14-16H,7-8,13,17-18H2,1-6H3,(H,35,45)(H,37,38,39,40). The topological polar surface area (TPSA) is 170 Å². The number of methoxy groups -OCH3 is 1. The molecule has 0 saturated carbocycles. The van der Waals surface area contributed by atoms with Crippen LogP contribution in [-0.2, 0) is 27.2 Å². The van der Waals surface area contributed by atoms with E-state index in [9.17, 15) is 14.4 Å². The number of nitrogens with zero attached hydrogens (tertiary/aromatic N) is 6. The number of aromatic nitrogens is 6. The molecule has 0 spiro atoms. The lowest BCUT2D eigenvalue weighted by Crippen LogP contribution is -2.41. The van der Waals surface area contributed by atoms with Gasteiger partial charge in [0.1, 0.15) is 29.3 Å². The first-order valence-electron chi connectivity index (χ1n) is 15.4. The number of ether oxygens (including phenoxy) is 2. The Balaban J connectivity index is 1.50. The zero-order valence-corrected chi connectivity index (χ0v) is 29.2. The molecule has 48 heavy (non-hydrogen) atoms. The number of benzene rings is 2.